The summed E-state index contributed by atoms with van der Waals surface area (Å²) in [6.45, 7) is 14.1. The highest BCUT2D eigenvalue weighted by molar-refractivity contribution is 5.94. The number of amides is 1. The normalized spacial score (nSPS) is 33.2. The molecule has 2 saturated carbocycles. The van der Waals surface area contributed by atoms with Crippen LogP contribution in [0.1, 0.15) is 83.3 Å². The summed E-state index contributed by atoms with van der Waals surface area (Å²) in [5.74, 6) is -5.49. The molecule has 1 heterocycles. The number of ketones is 1. The average molecular weight is 820 g/mol. The molecule has 0 spiro atoms. The number of esters is 3. The van der Waals surface area contributed by atoms with E-state index in [1.165, 1.54) is 39.0 Å². The van der Waals surface area contributed by atoms with Crippen molar-refractivity contribution >= 4 is 29.8 Å². The molecule has 2 bridgehead atoms. The zero-order valence-electron chi connectivity index (χ0n) is 34.2. The highest BCUT2D eigenvalue weighted by Gasteiger charge is 2.78. The van der Waals surface area contributed by atoms with Crippen LogP contribution in [0.15, 0.2) is 84.5 Å². The molecule has 59 heavy (non-hydrogen) atoms. The molecule has 6 rings (SSSR count). The SMILES string of the molecule is C=CC1=C2[C@@H](O)C(=O)[C@@]3(C)[C@H]([C@H](OC(=O)c4ccccc4)[C@](O)(C[C@@H]1OC(=O)[C@H](O)[C@@H](NC(=O)OC(C)(C)C)c1ccccc1)C2(C)C)[C@]1(OC(C)=O)CO[C@@H]1C[C@@H]3O. The molecule has 318 valence electrons. The van der Waals surface area contributed by atoms with Crippen molar-refractivity contribution < 1.29 is 68.1 Å². The lowest BCUT2D eigenvalue weighted by atomic mass is 9.44. The Kier molecular flexibility index (Phi) is 11.5. The Bertz CT molecular complexity index is 2030. The van der Waals surface area contributed by atoms with Crippen molar-refractivity contribution in [1.82, 2.24) is 5.32 Å². The summed E-state index contributed by atoms with van der Waals surface area (Å²) in [5, 5.41) is 51.8. The number of rotatable bonds is 9. The first-order chi connectivity index (χ1) is 27.5. The molecule has 2 aromatic rings. The van der Waals surface area contributed by atoms with Gasteiger partial charge in [0.05, 0.1) is 35.6 Å². The van der Waals surface area contributed by atoms with E-state index in [4.69, 9.17) is 23.7 Å². The van der Waals surface area contributed by atoms with Crippen molar-refractivity contribution in [3.05, 3.63) is 95.6 Å². The highest BCUT2D eigenvalue weighted by atomic mass is 16.6. The summed E-state index contributed by atoms with van der Waals surface area (Å²) in [5.41, 5.74) is -8.58. The monoisotopic (exact) mass is 819 g/mol. The molecule has 1 amide bonds. The molecule has 3 fully saturated rings. The smallest absolute Gasteiger partial charge is 0.408 e. The van der Waals surface area contributed by atoms with Crippen molar-refractivity contribution in [2.75, 3.05) is 6.61 Å². The molecule has 15 nitrogen and oxygen atoms in total. The maximum atomic E-state index is 15.0. The Hall–Kier alpha value is -4.93. The Morgan fingerprint density at radius 2 is 1.59 bits per heavy atom. The number of aliphatic hydroxyl groups is 4. The number of hydrogen-bond donors (Lipinski definition) is 5. The van der Waals surface area contributed by atoms with Crippen LogP contribution in [0.4, 0.5) is 4.79 Å². The predicted octanol–water partition coefficient (Wildman–Crippen LogP) is 3.43. The fourth-order valence-electron chi connectivity index (χ4n) is 9.54. The third-order valence-corrected chi connectivity index (χ3v) is 12.5. The number of fused-ring (bicyclic) bond motifs is 5. The van der Waals surface area contributed by atoms with Gasteiger partial charge < -0.3 is 49.4 Å². The first-order valence-corrected chi connectivity index (χ1v) is 19.5. The largest absolute Gasteiger partial charge is 0.455 e. The molecular formula is C44H53NO14. The minimum atomic E-state index is -2.40. The van der Waals surface area contributed by atoms with Crippen molar-refractivity contribution in [3.8, 4) is 0 Å². The summed E-state index contributed by atoms with van der Waals surface area (Å²) < 4.78 is 29.5. The standard InChI is InChI=1S/C44H53NO14/c1-9-26-27(56-38(52)33(49)31(24-16-12-10-13-17-24)45-39(53)59-40(3,4)5)21-44(54)36(57-37(51)25-18-14-11-15-19-25)34-42(8,35(50)32(48)30(26)41(44,6)7)28(47)20-29-43(34,22-55-29)58-23(2)46/h9-19,27-29,31-34,36,47-49,54H,1,20-22H2,2-8H3,(H,45,53)/t27-,28-,29+,31-,32+,33+,34-,36-,42+,43-,44+/m0/s1. The van der Waals surface area contributed by atoms with Gasteiger partial charge in [-0.25, -0.2) is 14.4 Å². The molecule has 0 aromatic heterocycles. The molecule has 0 unspecified atom stereocenters. The van der Waals surface area contributed by atoms with Crippen molar-refractivity contribution in [3.63, 3.8) is 0 Å². The molecule has 3 aliphatic carbocycles. The van der Waals surface area contributed by atoms with Crippen molar-refractivity contribution in [1.29, 1.82) is 0 Å². The minimum Gasteiger partial charge on any atom is -0.455 e. The van der Waals surface area contributed by atoms with Gasteiger partial charge in [-0.2, -0.15) is 0 Å². The van der Waals surface area contributed by atoms with Crippen LogP contribution in [-0.2, 0) is 38.1 Å². The lowest BCUT2D eigenvalue weighted by Crippen LogP contribution is -2.81. The van der Waals surface area contributed by atoms with Crippen molar-refractivity contribution in [2.24, 2.45) is 16.7 Å². The molecule has 5 N–H and O–H groups in total. The van der Waals surface area contributed by atoms with E-state index >= 15 is 4.79 Å². The lowest BCUT2D eigenvalue weighted by molar-refractivity contribution is -0.345. The summed E-state index contributed by atoms with van der Waals surface area (Å²) in [4.78, 5) is 69.2. The van der Waals surface area contributed by atoms with E-state index in [9.17, 15) is 39.6 Å². The van der Waals surface area contributed by atoms with Crippen molar-refractivity contribution in [2.45, 2.75) is 121 Å². The number of aliphatic hydroxyl groups excluding tert-OH is 3. The maximum absolute atomic E-state index is 15.0. The van der Waals surface area contributed by atoms with Crippen LogP contribution in [0.25, 0.3) is 0 Å². The van der Waals surface area contributed by atoms with Gasteiger partial charge in [-0.1, -0.05) is 75.0 Å². The molecule has 11 atom stereocenters. The van der Waals surface area contributed by atoms with Gasteiger partial charge in [0.25, 0.3) is 0 Å². The molecule has 1 aliphatic heterocycles. The summed E-state index contributed by atoms with van der Waals surface area (Å²) in [7, 11) is 0. The van der Waals surface area contributed by atoms with Gasteiger partial charge in [0, 0.05) is 25.2 Å². The van der Waals surface area contributed by atoms with Crippen LogP contribution in [0.5, 0.6) is 0 Å². The Morgan fingerprint density at radius 1 is 0.983 bits per heavy atom. The Labute approximate surface area is 342 Å². The molecule has 15 heteroatoms. The van der Waals surface area contributed by atoms with E-state index in [-0.39, 0.29) is 29.7 Å². The Morgan fingerprint density at radius 3 is 2.14 bits per heavy atom. The van der Waals surface area contributed by atoms with E-state index in [2.05, 4.69) is 11.9 Å². The van der Waals surface area contributed by atoms with Crippen LogP contribution in [0.2, 0.25) is 0 Å². The van der Waals surface area contributed by atoms with Crippen LogP contribution in [0, 0.1) is 16.7 Å². The van der Waals surface area contributed by atoms with Gasteiger partial charge in [-0.15, -0.1) is 0 Å². The number of hydrogen-bond acceptors (Lipinski definition) is 14. The Balaban J connectivity index is 1.51. The van der Waals surface area contributed by atoms with Crippen LogP contribution < -0.4 is 5.32 Å². The summed E-state index contributed by atoms with van der Waals surface area (Å²) in [6.07, 6.45) is -10.6. The second-order valence-electron chi connectivity index (χ2n) is 17.6. The molecule has 0 radical (unpaired) electrons. The van der Waals surface area contributed by atoms with E-state index in [0.29, 0.717) is 5.56 Å². The fourth-order valence-corrected chi connectivity index (χ4v) is 9.54. The maximum Gasteiger partial charge on any atom is 0.408 e. The first kappa shape index (κ1) is 43.6. The van der Waals surface area contributed by atoms with E-state index in [1.807, 2.05) is 0 Å². The van der Waals surface area contributed by atoms with Gasteiger partial charge >= 0.3 is 24.0 Å². The van der Waals surface area contributed by atoms with Gasteiger partial charge in [0.1, 0.15) is 35.6 Å². The van der Waals surface area contributed by atoms with Gasteiger partial charge in [-0.3, -0.25) is 9.59 Å². The first-order valence-electron chi connectivity index (χ1n) is 19.5. The second kappa shape index (κ2) is 15.6. The topological polar surface area (TPSA) is 224 Å². The number of carbonyl (C=O) groups is 5. The number of nitrogens with one attached hydrogen (secondary N) is 1. The zero-order valence-corrected chi connectivity index (χ0v) is 34.2. The van der Waals surface area contributed by atoms with Crippen LogP contribution in [0.3, 0.4) is 0 Å². The van der Waals surface area contributed by atoms with Crippen LogP contribution >= 0.6 is 0 Å². The minimum absolute atomic E-state index is 0.0116. The lowest BCUT2D eigenvalue weighted by Gasteiger charge is -2.67. The second-order valence-corrected chi connectivity index (χ2v) is 17.6. The third kappa shape index (κ3) is 7.37. The van der Waals surface area contributed by atoms with E-state index in [1.54, 1.807) is 69.3 Å². The number of Topliss-reactive ketones (excluding diaryl/α,β-unsaturated/α-hetero) is 1. The van der Waals surface area contributed by atoms with Gasteiger partial charge in [0.2, 0.25) is 0 Å². The third-order valence-electron chi connectivity index (χ3n) is 12.5. The molecule has 4 aliphatic rings. The molecular weight excluding hydrogens is 766 g/mol. The van der Waals surface area contributed by atoms with Gasteiger partial charge in [-0.05, 0) is 56.5 Å². The highest BCUT2D eigenvalue weighted by Crippen LogP contribution is 2.64. The van der Waals surface area contributed by atoms with E-state index < -0.39 is 112 Å². The number of ether oxygens (including phenoxy) is 5. The van der Waals surface area contributed by atoms with Gasteiger partial charge in [0.15, 0.2) is 17.5 Å². The summed E-state index contributed by atoms with van der Waals surface area (Å²) in [6, 6.07) is 14.5. The predicted molar refractivity (Wildman–Crippen MR) is 208 cm³/mol. The number of alkyl carbamates (subject to hydrolysis) is 1. The number of benzene rings is 2. The quantitative estimate of drug-likeness (QED) is 0.181. The van der Waals surface area contributed by atoms with Crippen LogP contribution in [-0.4, -0.2) is 110 Å². The molecule has 1 saturated heterocycles. The van der Waals surface area contributed by atoms with E-state index in [0.717, 1.165) is 6.92 Å². The fraction of sp³-hybridized carbons (Fsp3) is 0.523. The molecule has 2 aromatic carbocycles. The number of carbonyl (C=O) groups excluding carboxylic acids is 5. The summed E-state index contributed by atoms with van der Waals surface area (Å²) >= 11 is 0. The zero-order chi connectivity index (χ0) is 43.5. The average Bonchev–Trinajstić information content (AvgIpc) is 3.16.